The molecule has 39 heavy (non-hydrogen) atoms. The van der Waals surface area contributed by atoms with E-state index in [-0.39, 0.29) is 58.5 Å². The molecule has 4 fully saturated rings. The molecule has 226 valence electrons. The predicted molar refractivity (Wildman–Crippen MR) is 150 cm³/mol. The van der Waals surface area contributed by atoms with Crippen molar-refractivity contribution in [2.45, 2.75) is 125 Å². The van der Waals surface area contributed by atoms with Gasteiger partial charge in [-0.2, -0.15) is 8.42 Å². The second kappa shape index (κ2) is 9.65. The van der Waals surface area contributed by atoms with Gasteiger partial charge in [0.15, 0.2) is 0 Å². The molecule has 4 saturated carbocycles. The lowest BCUT2D eigenvalue weighted by Gasteiger charge is -2.77. The van der Waals surface area contributed by atoms with Gasteiger partial charge in [-0.15, -0.1) is 0 Å². The van der Waals surface area contributed by atoms with Crippen LogP contribution in [0.5, 0.6) is 0 Å². The number of amides is 1. The van der Waals surface area contributed by atoms with Crippen LogP contribution < -0.4 is 5.32 Å². The van der Waals surface area contributed by atoms with Gasteiger partial charge in [-0.05, 0) is 84.9 Å². The Kier molecular flexibility index (Phi) is 7.72. The smallest absolute Gasteiger partial charge is 0.266 e. The summed E-state index contributed by atoms with van der Waals surface area (Å²) in [7, 11) is -4.12. The monoisotopic (exact) mass is 571 g/mol. The van der Waals surface area contributed by atoms with E-state index in [1.54, 1.807) is 0 Å². The third-order valence-electron chi connectivity index (χ3n) is 14.5. The van der Waals surface area contributed by atoms with E-state index in [0.717, 1.165) is 25.7 Å². The largest absolute Gasteiger partial charge is 0.393 e. The lowest BCUT2D eigenvalue weighted by Crippen LogP contribution is -2.76. The van der Waals surface area contributed by atoms with Crippen LogP contribution in [0.1, 0.15) is 106 Å². The van der Waals surface area contributed by atoms with E-state index in [1.165, 1.54) is 0 Å². The first-order valence-corrected chi connectivity index (χ1v) is 16.6. The number of carbonyl (C=O) groups is 1. The Bertz CT molecular complexity index is 1080. The first-order valence-electron chi connectivity index (χ1n) is 15.0. The number of carbonyl (C=O) groups excluding carboxylic acids is 1. The summed E-state index contributed by atoms with van der Waals surface area (Å²) in [5, 5.41) is 37.3. The van der Waals surface area contributed by atoms with Gasteiger partial charge < -0.3 is 20.6 Å². The molecule has 11 atom stereocenters. The molecule has 4 aliphatic rings. The third kappa shape index (κ3) is 4.10. The van der Waals surface area contributed by atoms with Gasteiger partial charge in [0.2, 0.25) is 5.91 Å². The molecule has 4 aliphatic carbocycles. The highest BCUT2D eigenvalue weighted by Gasteiger charge is 2.81. The molecule has 11 unspecified atom stereocenters. The second-order valence-corrected chi connectivity index (χ2v) is 16.6. The van der Waals surface area contributed by atoms with E-state index in [1.807, 2.05) is 0 Å². The minimum atomic E-state index is -4.12. The topological polar surface area (TPSA) is 144 Å². The Morgan fingerprint density at radius 3 is 2.18 bits per heavy atom. The van der Waals surface area contributed by atoms with E-state index < -0.39 is 38.9 Å². The molecule has 0 spiro atoms. The Morgan fingerprint density at radius 1 is 0.923 bits per heavy atom. The van der Waals surface area contributed by atoms with Crippen LogP contribution in [0.25, 0.3) is 0 Å². The molecule has 0 aromatic rings. The minimum Gasteiger partial charge on any atom is -0.393 e. The molecule has 5 N–H and O–H groups in total. The molecule has 9 heteroatoms. The standard InChI is InChI=1S/C30H53NO7S/c1-19(8-9-24(35)31-14-15-39(36,37)38)25(2)12-13-27(4)29(25,6)23(34)18-28(5)26(3)11-10-21(32)16-20(26)17-22(33)30(27,28)7/h19-23,32-34H,8-18H2,1-7H3,(H,31,35)(H,36,37,38). The van der Waals surface area contributed by atoms with E-state index in [4.69, 9.17) is 4.55 Å². The Morgan fingerprint density at radius 2 is 1.56 bits per heavy atom. The third-order valence-corrected chi connectivity index (χ3v) is 15.2. The van der Waals surface area contributed by atoms with Crippen molar-refractivity contribution >= 4 is 16.0 Å². The van der Waals surface area contributed by atoms with Crippen molar-refractivity contribution in [1.29, 1.82) is 0 Å². The fraction of sp³-hybridized carbons (Fsp3) is 0.967. The zero-order chi connectivity index (χ0) is 29.4. The van der Waals surface area contributed by atoms with Crippen molar-refractivity contribution in [2.24, 2.45) is 44.3 Å². The first-order chi connectivity index (χ1) is 17.7. The Hall–Kier alpha value is -0.740. The number of hydrogen-bond donors (Lipinski definition) is 5. The fourth-order valence-electron chi connectivity index (χ4n) is 11.0. The molecule has 1 amide bonds. The summed E-state index contributed by atoms with van der Waals surface area (Å²) in [4.78, 5) is 12.5. The second-order valence-electron chi connectivity index (χ2n) is 15.1. The molecule has 0 aliphatic heterocycles. The highest BCUT2D eigenvalue weighted by Crippen LogP contribution is 2.84. The zero-order valence-corrected chi connectivity index (χ0v) is 25.9. The quantitative estimate of drug-likeness (QED) is 0.291. The lowest BCUT2D eigenvalue weighted by atomic mass is 9.27. The maximum absolute atomic E-state index is 12.5. The average Bonchev–Trinajstić information content (AvgIpc) is 3.06. The molecule has 0 bridgehead atoms. The van der Waals surface area contributed by atoms with E-state index in [2.05, 4.69) is 53.8 Å². The summed E-state index contributed by atoms with van der Waals surface area (Å²) in [6.45, 7) is 15.8. The van der Waals surface area contributed by atoms with E-state index >= 15 is 0 Å². The van der Waals surface area contributed by atoms with Crippen LogP contribution in [-0.2, 0) is 14.9 Å². The maximum Gasteiger partial charge on any atom is 0.266 e. The summed E-state index contributed by atoms with van der Waals surface area (Å²) >= 11 is 0. The molecule has 0 radical (unpaired) electrons. The summed E-state index contributed by atoms with van der Waals surface area (Å²) < 4.78 is 30.8. The summed E-state index contributed by atoms with van der Waals surface area (Å²) in [6, 6.07) is 0. The van der Waals surface area contributed by atoms with Crippen molar-refractivity contribution in [3.8, 4) is 0 Å². The fourth-order valence-corrected chi connectivity index (χ4v) is 11.3. The van der Waals surface area contributed by atoms with Gasteiger partial charge >= 0.3 is 0 Å². The average molecular weight is 572 g/mol. The normalized spacial score (nSPS) is 50.4. The summed E-state index contributed by atoms with van der Waals surface area (Å²) in [5.41, 5.74) is -1.95. The number of aliphatic hydroxyl groups excluding tert-OH is 3. The van der Waals surface area contributed by atoms with Crippen molar-refractivity contribution in [1.82, 2.24) is 5.32 Å². The van der Waals surface area contributed by atoms with Gasteiger partial charge in [0.25, 0.3) is 10.1 Å². The minimum absolute atomic E-state index is 0.0870. The van der Waals surface area contributed by atoms with Crippen LogP contribution in [0, 0.1) is 44.3 Å². The first kappa shape index (κ1) is 31.2. The molecule has 8 nitrogen and oxygen atoms in total. The molecule has 4 rings (SSSR count). The SMILES string of the molecule is CC(CCC(=O)NCCS(=O)(=O)O)C1(C)CCC2(C)C1(C)C(O)CC1(C)C3(C)CCC(O)CC3CC(O)C12C. The van der Waals surface area contributed by atoms with Gasteiger partial charge in [0.05, 0.1) is 24.1 Å². The lowest BCUT2D eigenvalue weighted by molar-refractivity contribution is -0.335. The predicted octanol–water partition coefficient (Wildman–Crippen LogP) is 3.93. The molecular weight excluding hydrogens is 518 g/mol. The van der Waals surface area contributed by atoms with Crippen molar-refractivity contribution < 1.29 is 33.1 Å². The highest BCUT2D eigenvalue weighted by molar-refractivity contribution is 7.85. The van der Waals surface area contributed by atoms with Crippen molar-refractivity contribution in [3.63, 3.8) is 0 Å². The van der Waals surface area contributed by atoms with Gasteiger partial charge in [-0.25, -0.2) is 0 Å². The molecule has 0 saturated heterocycles. The van der Waals surface area contributed by atoms with E-state index in [9.17, 15) is 28.5 Å². The van der Waals surface area contributed by atoms with Crippen LogP contribution in [0.15, 0.2) is 0 Å². The molecular formula is C30H53NO7S. The van der Waals surface area contributed by atoms with Gasteiger partial charge in [0.1, 0.15) is 0 Å². The van der Waals surface area contributed by atoms with Crippen LogP contribution in [0.4, 0.5) is 0 Å². The highest BCUT2D eigenvalue weighted by atomic mass is 32.2. The number of hydrogen-bond acceptors (Lipinski definition) is 6. The van der Waals surface area contributed by atoms with Crippen LogP contribution >= 0.6 is 0 Å². The number of aliphatic hydroxyl groups is 3. The summed E-state index contributed by atoms with van der Waals surface area (Å²) in [5.74, 6) is -0.425. The number of fused-ring (bicyclic) bond motifs is 5. The summed E-state index contributed by atoms with van der Waals surface area (Å²) in [6.07, 6.45) is 4.84. The van der Waals surface area contributed by atoms with E-state index in [0.29, 0.717) is 25.7 Å². The van der Waals surface area contributed by atoms with Gasteiger partial charge in [-0.1, -0.05) is 48.5 Å². The number of rotatable bonds is 7. The zero-order valence-electron chi connectivity index (χ0n) is 25.1. The van der Waals surface area contributed by atoms with Crippen LogP contribution in [0.2, 0.25) is 0 Å². The number of nitrogens with one attached hydrogen (secondary N) is 1. The van der Waals surface area contributed by atoms with Crippen LogP contribution in [-0.4, -0.2) is 64.8 Å². The van der Waals surface area contributed by atoms with Crippen LogP contribution in [0.3, 0.4) is 0 Å². The molecule has 0 aromatic carbocycles. The van der Waals surface area contributed by atoms with Gasteiger partial charge in [0, 0.05) is 23.8 Å². The van der Waals surface area contributed by atoms with Crippen molar-refractivity contribution in [3.05, 3.63) is 0 Å². The Balaban J connectivity index is 1.63. The maximum atomic E-state index is 12.5. The Labute approximate surface area is 235 Å². The molecule has 0 heterocycles. The van der Waals surface area contributed by atoms with Crippen molar-refractivity contribution in [2.75, 3.05) is 12.3 Å². The van der Waals surface area contributed by atoms with Gasteiger partial charge in [-0.3, -0.25) is 9.35 Å². The molecule has 0 aromatic heterocycles.